The third kappa shape index (κ3) is 3.09. The molecule has 0 saturated heterocycles. The predicted molar refractivity (Wildman–Crippen MR) is 72.9 cm³/mol. The summed E-state index contributed by atoms with van der Waals surface area (Å²) in [6, 6.07) is 7.54. The van der Waals surface area contributed by atoms with Gasteiger partial charge in [0, 0.05) is 10.9 Å². The molecular formula is C14H17NO2S. The van der Waals surface area contributed by atoms with Gasteiger partial charge in [-0.1, -0.05) is 25.1 Å². The SMILES string of the molecule is CCc1nc(COc2ccccc2[C@H](C)O)cs1. The minimum atomic E-state index is -0.525. The van der Waals surface area contributed by atoms with E-state index in [-0.39, 0.29) is 0 Å². The molecule has 0 fully saturated rings. The number of hydrogen-bond acceptors (Lipinski definition) is 4. The van der Waals surface area contributed by atoms with E-state index in [9.17, 15) is 5.11 Å². The maximum absolute atomic E-state index is 9.65. The quantitative estimate of drug-likeness (QED) is 0.899. The van der Waals surface area contributed by atoms with E-state index in [0.717, 1.165) is 28.4 Å². The van der Waals surface area contributed by atoms with Gasteiger partial charge in [-0.3, -0.25) is 0 Å². The van der Waals surface area contributed by atoms with Gasteiger partial charge in [0.15, 0.2) is 0 Å². The van der Waals surface area contributed by atoms with Crippen LogP contribution < -0.4 is 4.74 Å². The van der Waals surface area contributed by atoms with E-state index in [1.54, 1.807) is 18.3 Å². The Balaban J connectivity index is 2.05. The number of aromatic nitrogens is 1. The van der Waals surface area contributed by atoms with E-state index >= 15 is 0 Å². The zero-order valence-electron chi connectivity index (χ0n) is 10.6. The van der Waals surface area contributed by atoms with Gasteiger partial charge in [0.25, 0.3) is 0 Å². The van der Waals surface area contributed by atoms with Crippen LogP contribution in [0.3, 0.4) is 0 Å². The van der Waals surface area contributed by atoms with Crippen molar-refractivity contribution in [2.45, 2.75) is 33.0 Å². The first kappa shape index (κ1) is 13.1. The van der Waals surface area contributed by atoms with Crippen LogP contribution in [0, 0.1) is 0 Å². The lowest BCUT2D eigenvalue weighted by atomic mass is 10.1. The number of benzene rings is 1. The van der Waals surface area contributed by atoms with Crippen LogP contribution in [0.1, 0.15) is 36.2 Å². The Hall–Kier alpha value is -1.39. The fourth-order valence-corrected chi connectivity index (χ4v) is 2.42. The summed E-state index contributed by atoms with van der Waals surface area (Å²) in [6.45, 7) is 4.27. The molecule has 18 heavy (non-hydrogen) atoms. The largest absolute Gasteiger partial charge is 0.487 e. The van der Waals surface area contributed by atoms with Gasteiger partial charge in [0.2, 0.25) is 0 Å². The summed E-state index contributed by atoms with van der Waals surface area (Å²) in [5.41, 5.74) is 1.75. The first-order valence-electron chi connectivity index (χ1n) is 6.03. The van der Waals surface area contributed by atoms with E-state index in [1.807, 2.05) is 29.6 Å². The van der Waals surface area contributed by atoms with Crippen molar-refractivity contribution in [1.82, 2.24) is 4.98 Å². The fraction of sp³-hybridized carbons (Fsp3) is 0.357. The van der Waals surface area contributed by atoms with Crippen molar-refractivity contribution in [3.63, 3.8) is 0 Å². The molecule has 0 bridgehead atoms. The van der Waals surface area contributed by atoms with E-state index in [2.05, 4.69) is 11.9 Å². The second-order valence-corrected chi connectivity index (χ2v) is 5.03. The van der Waals surface area contributed by atoms with Crippen molar-refractivity contribution in [3.8, 4) is 5.75 Å². The lowest BCUT2D eigenvalue weighted by Gasteiger charge is -2.12. The van der Waals surface area contributed by atoms with Gasteiger partial charge >= 0.3 is 0 Å². The molecule has 3 nitrogen and oxygen atoms in total. The van der Waals surface area contributed by atoms with Gasteiger partial charge in [-0.05, 0) is 19.4 Å². The summed E-state index contributed by atoms with van der Waals surface area (Å²) < 4.78 is 5.73. The molecule has 0 aliphatic rings. The highest BCUT2D eigenvalue weighted by Crippen LogP contribution is 2.25. The average Bonchev–Trinajstić information content (AvgIpc) is 2.84. The number of nitrogens with zero attached hydrogens (tertiary/aromatic N) is 1. The van der Waals surface area contributed by atoms with Gasteiger partial charge < -0.3 is 9.84 Å². The third-order valence-corrected chi connectivity index (χ3v) is 3.69. The van der Waals surface area contributed by atoms with Crippen molar-refractivity contribution < 1.29 is 9.84 Å². The van der Waals surface area contributed by atoms with Crippen molar-refractivity contribution in [2.75, 3.05) is 0 Å². The maximum atomic E-state index is 9.65. The van der Waals surface area contributed by atoms with Crippen LogP contribution in [0.15, 0.2) is 29.6 Å². The normalized spacial score (nSPS) is 12.4. The Morgan fingerprint density at radius 3 is 2.83 bits per heavy atom. The highest BCUT2D eigenvalue weighted by atomic mass is 32.1. The Bertz CT molecular complexity index is 508. The zero-order valence-corrected chi connectivity index (χ0v) is 11.4. The third-order valence-electron chi connectivity index (χ3n) is 2.65. The molecule has 0 saturated carbocycles. The molecule has 0 amide bonds. The Morgan fingerprint density at radius 2 is 2.17 bits per heavy atom. The minimum absolute atomic E-state index is 0.445. The lowest BCUT2D eigenvalue weighted by Crippen LogP contribution is -2.01. The Morgan fingerprint density at radius 1 is 1.39 bits per heavy atom. The molecule has 2 rings (SSSR count). The molecule has 1 aromatic carbocycles. The highest BCUT2D eigenvalue weighted by Gasteiger charge is 2.09. The standard InChI is InChI=1S/C14H17NO2S/c1-3-14-15-11(9-18-14)8-17-13-7-5-4-6-12(13)10(2)16/h4-7,9-10,16H,3,8H2,1-2H3/t10-/m0/s1. The number of ether oxygens (including phenoxy) is 1. The average molecular weight is 263 g/mol. The summed E-state index contributed by atoms with van der Waals surface area (Å²) in [5.74, 6) is 0.721. The molecule has 1 N–H and O–H groups in total. The number of aliphatic hydroxyl groups is 1. The van der Waals surface area contributed by atoms with E-state index in [0.29, 0.717) is 6.61 Å². The number of aliphatic hydroxyl groups excluding tert-OH is 1. The lowest BCUT2D eigenvalue weighted by molar-refractivity contribution is 0.190. The monoisotopic (exact) mass is 263 g/mol. The van der Waals surface area contributed by atoms with Crippen molar-refractivity contribution in [3.05, 3.63) is 45.9 Å². The highest BCUT2D eigenvalue weighted by molar-refractivity contribution is 7.09. The Labute approximate surface area is 111 Å². The summed E-state index contributed by atoms with van der Waals surface area (Å²) in [6.07, 6.45) is 0.428. The molecule has 0 spiro atoms. The fourth-order valence-electron chi connectivity index (χ4n) is 1.69. The first-order chi connectivity index (χ1) is 8.70. The molecule has 0 aliphatic heterocycles. The molecule has 2 aromatic rings. The molecule has 1 aromatic heterocycles. The first-order valence-corrected chi connectivity index (χ1v) is 6.91. The summed E-state index contributed by atoms with van der Waals surface area (Å²) >= 11 is 1.65. The molecule has 1 heterocycles. The minimum Gasteiger partial charge on any atom is -0.487 e. The van der Waals surface area contributed by atoms with Gasteiger partial charge in [-0.25, -0.2) is 4.98 Å². The van der Waals surface area contributed by atoms with Crippen LogP contribution in [0.25, 0.3) is 0 Å². The molecule has 0 unspecified atom stereocenters. The molecule has 0 aliphatic carbocycles. The second-order valence-electron chi connectivity index (χ2n) is 4.09. The van der Waals surface area contributed by atoms with Crippen LogP contribution in [0.2, 0.25) is 0 Å². The summed E-state index contributed by atoms with van der Waals surface area (Å²) in [4.78, 5) is 4.45. The molecule has 4 heteroatoms. The van der Waals surface area contributed by atoms with Crippen LogP contribution in [0.5, 0.6) is 5.75 Å². The topological polar surface area (TPSA) is 42.4 Å². The van der Waals surface area contributed by atoms with Crippen molar-refractivity contribution in [1.29, 1.82) is 0 Å². The van der Waals surface area contributed by atoms with E-state index in [4.69, 9.17) is 4.74 Å². The van der Waals surface area contributed by atoms with Gasteiger partial charge in [-0.15, -0.1) is 11.3 Å². The number of para-hydroxylation sites is 1. The predicted octanol–water partition coefficient (Wildman–Crippen LogP) is 3.34. The maximum Gasteiger partial charge on any atom is 0.131 e. The smallest absolute Gasteiger partial charge is 0.131 e. The summed E-state index contributed by atoms with van der Waals surface area (Å²) in [7, 11) is 0. The number of aryl methyl sites for hydroxylation is 1. The number of thiazole rings is 1. The van der Waals surface area contributed by atoms with Gasteiger partial charge in [-0.2, -0.15) is 0 Å². The second kappa shape index (κ2) is 5.98. The van der Waals surface area contributed by atoms with E-state index < -0.39 is 6.10 Å². The summed E-state index contributed by atoms with van der Waals surface area (Å²) in [5, 5.41) is 12.8. The molecule has 1 atom stereocenters. The van der Waals surface area contributed by atoms with Crippen LogP contribution in [0.4, 0.5) is 0 Å². The van der Waals surface area contributed by atoms with Crippen LogP contribution in [-0.4, -0.2) is 10.1 Å². The molecule has 96 valence electrons. The van der Waals surface area contributed by atoms with Crippen LogP contribution in [-0.2, 0) is 13.0 Å². The van der Waals surface area contributed by atoms with Gasteiger partial charge in [0.05, 0.1) is 16.8 Å². The zero-order chi connectivity index (χ0) is 13.0. The number of hydrogen-bond donors (Lipinski definition) is 1. The van der Waals surface area contributed by atoms with Crippen molar-refractivity contribution >= 4 is 11.3 Å². The van der Waals surface area contributed by atoms with E-state index in [1.165, 1.54) is 0 Å². The Kier molecular flexibility index (Phi) is 4.33. The molecular weight excluding hydrogens is 246 g/mol. The number of rotatable bonds is 5. The van der Waals surface area contributed by atoms with Crippen LogP contribution >= 0.6 is 11.3 Å². The molecule has 0 radical (unpaired) electrons. The van der Waals surface area contributed by atoms with Gasteiger partial charge in [0.1, 0.15) is 12.4 Å². The van der Waals surface area contributed by atoms with Crippen molar-refractivity contribution in [2.24, 2.45) is 0 Å².